The number of aryl methyl sites for hydroxylation is 1. The Labute approximate surface area is 131 Å². The zero-order valence-corrected chi connectivity index (χ0v) is 13.4. The molecule has 2 N–H and O–H groups in total. The maximum Gasteiger partial charge on any atom is 0.322 e. The molecule has 0 atom stereocenters. The first kappa shape index (κ1) is 16.1. The number of anilines is 1. The number of rotatable bonds is 6. The van der Waals surface area contributed by atoms with Gasteiger partial charge in [-0.2, -0.15) is 0 Å². The SMILES string of the molecule is CCc1ccc(Cl)c(CC)c1NC(=O)N(CCO)C1CC1. The number of hydrogen-bond acceptors (Lipinski definition) is 2. The summed E-state index contributed by atoms with van der Waals surface area (Å²) in [6.45, 7) is 4.45. The van der Waals surface area contributed by atoms with Gasteiger partial charge in [0.15, 0.2) is 0 Å². The highest BCUT2D eigenvalue weighted by molar-refractivity contribution is 6.31. The lowest BCUT2D eigenvalue weighted by Gasteiger charge is -2.24. The van der Waals surface area contributed by atoms with Crippen molar-refractivity contribution in [1.82, 2.24) is 4.90 Å². The molecule has 1 aromatic carbocycles. The van der Waals surface area contributed by atoms with Crippen molar-refractivity contribution in [1.29, 1.82) is 0 Å². The van der Waals surface area contributed by atoms with Gasteiger partial charge in [-0.1, -0.05) is 31.5 Å². The van der Waals surface area contributed by atoms with Gasteiger partial charge < -0.3 is 15.3 Å². The van der Waals surface area contributed by atoms with Crippen molar-refractivity contribution in [2.45, 2.75) is 45.6 Å². The quantitative estimate of drug-likeness (QED) is 0.845. The highest BCUT2D eigenvalue weighted by Gasteiger charge is 2.32. The minimum atomic E-state index is -0.141. The smallest absolute Gasteiger partial charge is 0.322 e. The molecule has 5 heteroatoms. The second-order valence-corrected chi connectivity index (χ2v) is 5.75. The average Bonchev–Trinajstić information content (AvgIpc) is 3.29. The van der Waals surface area contributed by atoms with Crippen LogP contribution in [0.2, 0.25) is 5.02 Å². The Balaban J connectivity index is 2.24. The van der Waals surface area contributed by atoms with Crippen molar-refractivity contribution in [3.05, 3.63) is 28.3 Å². The number of aliphatic hydroxyl groups is 1. The van der Waals surface area contributed by atoms with E-state index in [9.17, 15) is 4.79 Å². The Morgan fingerprint density at radius 3 is 2.62 bits per heavy atom. The minimum Gasteiger partial charge on any atom is -0.395 e. The van der Waals surface area contributed by atoms with Gasteiger partial charge in [0.1, 0.15) is 0 Å². The topological polar surface area (TPSA) is 52.6 Å². The zero-order chi connectivity index (χ0) is 15.4. The largest absolute Gasteiger partial charge is 0.395 e. The predicted molar refractivity (Wildman–Crippen MR) is 86.0 cm³/mol. The van der Waals surface area contributed by atoms with Gasteiger partial charge in [0.2, 0.25) is 0 Å². The molecule has 0 saturated heterocycles. The first-order chi connectivity index (χ1) is 10.1. The molecule has 0 aliphatic heterocycles. The molecule has 1 fully saturated rings. The van der Waals surface area contributed by atoms with E-state index in [1.165, 1.54) is 0 Å². The lowest BCUT2D eigenvalue weighted by Crippen LogP contribution is -2.39. The number of carbonyl (C=O) groups is 1. The van der Waals surface area contributed by atoms with Crippen LogP contribution in [0.15, 0.2) is 12.1 Å². The van der Waals surface area contributed by atoms with E-state index < -0.39 is 0 Å². The van der Waals surface area contributed by atoms with E-state index in [-0.39, 0.29) is 18.7 Å². The summed E-state index contributed by atoms with van der Waals surface area (Å²) < 4.78 is 0. The molecule has 116 valence electrons. The van der Waals surface area contributed by atoms with Gasteiger partial charge in [0.05, 0.1) is 12.3 Å². The number of amides is 2. The van der Waals surface area contributed by atoms with Gasteiger partial charge in [0.25, 0.3) is 0 Å². The Hall–Kier alpha value is -1.26. The summed E-state index contributed by atoms with van der Waals surface area (Å²) in [7, 11) is 0. The molecule has 2 amide bonds. The number of nitrogens with zero attached hydrogens (tertiary/aromatic N) is 1. The number of carbonyl (C=O) groups excluding carboxylic acids is 1. The first-order valence-electron chi connectivity index (χ1n) is 7.61. The van der Waals surface area contributed by atoms with Crippen LogP contribution in [0.4, 0.5) is 10.5 Å². The molecule has 0 heterocycles. The molecule has 2 rings (SSSR count). The average molecular weight is 311 g/mol. The first-order valence-corrected chi connectivity index (χ1v) is 7.98. The van der Waals surface area contributed by atoms with E-state index in [1.807, 2.05) is 19.1 Å². The molecule has 1 aromatic rings. The fraction of sp³-hybridized carbons (Fsp3) is 0.562. The van der Waals surface area contributed by atoms with Crippen molar-refractivity contribution in [3.63, 3.8) is 0 Å². The van der Waals surface area contributed by atoms with Gasteiger partial charge in [-0.3, -0.25) is 0 Å². The number of hydrogen-bond donors (Lipinski definition) is 2. The van der Waals surface area contributed by atoms with Crippen molar-refractivity contribution >= 4 is 23.3 Å². The fourth-order valence-corrected chi connectivity index (χ4v) is 2.88. The van der Waals surface area contributed by atoms with E-state index in [0.29, 0.717) is 11.6 Å². The van der Waals surface area contributed by atoms with E-state index in [2.05, 4.69) is 12.2 Å². The molecule has 1 saturated carbocycles. The van der Waals surface area contributed by atoms with Crippen molar-refractivity contribution in [2.75, 3.05) is 18.5 Å². The molecular formula is C16H23ClN2O2. The summed E-state index contributed by atoms with van der Waals surface area (Å²) in [5, 5.41) is 12.8. The third-order valence-electron chi connectivity index (χ3n) is 3.90. The van der Waals surface area contributed by atoms with Gasteiger partial charge in [-0.25, -0.2) is 4.79 Å². The Morgan fingerprint density at radius 1 is 1.38 bits per heavy atom. The maximum absolute atomic E-state index is 12.5. The monoisotopic (exact) mass is 310 g/mol. The van der Waals surface area contributed by atoms with Crippen LogP contribution in [-0.2, 0) is 12.8 Å². The molecule has 21 heavy (non-hydrogen) atoms. The fourth-order valence-electron chi connectivity index (χ4n) is 2.59. The lowest BCUT2D eigenvalue weighted by atomic mass is 10.0. The molecule has 0 aromatic heterocycles. The summed E-state index contributed by atoms with van der Waals surface area (Å²) in [6, 6.07) is 3.98. The van der Waals surface area contributed by atoms with Crippen LogP contribution < -0.4 is 5.32 Å². The molecule has 1 aliphatic rings. The third kappa shape index (κ3) is 3.69. The van der Waals surface area contributed by atoms with Crippen LogP contribution in [0.5, 0.6) is 0 Å². The van der Waals surface area contributed by atoms with E-state index in [4.69, 9.17) is 16.7 Å². The van der Waals surface area contributed by atoms with Gasteiger partial charge in [-0.05, 0) is 42.9 Å². The highest BCUT2D eigenvalue weighted by atomic mass is 35.5. The van der Waals surface area contributed by atoms with Crippen LogP contribution in [-0.4, -0.2) is 35.2 Å². The molecular weight excluding hydrogens is 288 g/mol. The standard InChI is InChI=1S/C16H23ClN2O2/c1-3-11-5-8-14(17)13(4-2)15(11)18-16(21)19(9-10-20)12-6-7-12/h5,8,12,20H,3-4,6-7,9-10H2,1-2H3,(H,18,21). The van der Waals surface area contributed by atoms with Crippen LogP contribution in [0.3, 0.4) is 0 Å². The minimum absolute atomic E-state index is 0.0132. The third-order valence-corrected chi connectivity index (χ3v) is 4.25. The van der Waals surface area contributed by atoms with E-state index in [1.54, 1.807) is 4.90 Å². The van der Waals surface area contributed by atoms with Crippen LogP contribution in [0, 0.1) is 0 Å². The van der Waals surface area contributed by atoms with E-state index >= 15 is 0 Å². The van der Waals surface area contributed by atoms with Crippen molar-refractivity contribution in [3.8, 4) is 0 Å². The molecule has 0 radical (unpaired) electrons. The summed E-state index contributed by atoms with van der Waals surface area (Å²) >= 11 is 6.25. The van der Waals surface area contributed by atoms with Crippen molar-refractivity contribution < 1.29 is 9.90 Å². The van der Waals surface area contributed by atoms with E-state index in [0.717, 1.165) is 42.5 Å². The predicted octanol–water partition coefficient (Wildman–Crippen LogP) is 3.45. The Bertz CT molecular complexity index is 515. The maximum atomic E-state index is 12.5. The van der Waals surface area contributed by atoms with Crippen LogP contribution in [0.1, 0.15) is 37.8 Å². The second kappa shape index (κ2) is 7.14. The van der Waals surface area contributed by atoms with Crippen molar-refractivity contribution in [2.24, 2.45) is 0 Å². The zero-order valence-electron chi connectivity index (χ0n) is 12.7. The van der Waals surface area contributed by atoms with Gasteiger partial charge in [0, 0.05) is 17.6 Å². The second-order valence-electron chi connectivity index (χ2n) is 5.35. The molecule has 0 bridgehead atoms. The number of halogens is 1. The molecule has 1 aliphatic carbocycles. The number of benzene rings is 1. The molecule has 4 nitrogen and oxygen atoms in total. The van der Waals surface area contributed by atoms with Crippen LogP contribution >= 0.6 is 11.6 Å². The number of aliphatic hydroxyl groups excluding tert-OH is 1. The summed E-state index contributed by atoms with van der Waals surface area (Å²) in [5.41, 5.74) is 2.90. The summed E-state index contributed by atoms with van der Waals surface area (Å²) in [6.07, 6.45) is 3.64. The summed E-state index contributed by atoms with van der Waals surface area (Å²) in [4.78, 5) is 14.2. The normalized spacial score (nSPS) is 14.1. The molecule has 0 spiro atoms. The highest BCUT2D eigenvalue weighted by Crippen LogP contribution is 2.31. The number of urea groups is 1. The van der Waals surface area contributed by atoms with Crippen LogP contribution in [0.25, 0.3) is 0 Å². The summed E-state index contributed by atoms with van der Waals surface area (Å²) in [5.74, 6) is 0. The Kier molecular flexibility index (Phi) is 5.48. The lowest BCUT2D eigenvalue weighted by molar-refractivity contribution is 0.185. The Morgan fingerprint density at radius 2 is 2.10 bits per heavy atom. The number of nitrogens with one attached hydrogen (secondary N) is 1. The van der Waals surface area contributed by atoms with Gasteiger partial charge >= 0.3 is 6.03 Å². The van der Waals surface area contributed by atoms with Gasteiger partial charge in [-0.15, -0.1) is 0 Å². The molecule has 0 unspecified atom stereocenters.